The van der Waals surface area contributed by atoms with Crippen LogP contribution in [0, 0.1) is 0 Å². The minimum absolute atomic E-state index is 0.897. The molecule has 0 fully saturated rings. The number of hydrogen-bond donors (Lipinski definition) is 0. The largest absolute Gasteiger partial charge is 0.456 e. The lowest BCUT2D eigenvalue weighted by Gasteiger charge is -2.26. The topological polar surface area (TPSA) is 29.5 Å². The number of anilines is 3. The first-order chi connectivity index (χ1) is 27.3. The summed E-state index contributed by atoms with van der Waals surface area (Å²) in [7, 11) is 0. The van der Waals surface area contributed by atoms with Crippen molar-refractivity contribution in [3.05, 3.63) is 200 Å². The van der Waals surface area contributed by atoms with Crippen LogP contribution in [0.2, 0.25) is 0 Å². The second kappa shape index (κ2) is 12.6. The summed E-state index contributed by atoms with van der Waals surface area (Å²) < 4.78 is 12.6. The maximum atomic E-state index is 6.41. The van der Waals surface area contributed by atoms with Crippen molar-refractivity contribution in [2.24, 2.45) is 0 Å². The number of nitrogens with zero attached hydrogens (tertiary/aromatic N) is 1. The molecule has 2 aromatic heterocycles. The van der Waals surface area contributed by atoms with Crippen LogP contribution in [0.4, 0.5) is 17.1 Å². The first-order valence-corrected chi connectivity index (χ1v) is 18.7. The summed E-state index contributed by atoms with van der Waals surface area (Å²) >= 11 is 0. The minimum atomic E-state index is 0.897. The van der Waals surface area contributed by atoms with Gasteiger partial charge in [-0.3, -0.25) is 0 Å². The van der Waals surface area contributed by atoms with E-state index < -0.39 is 0 Å². The zero-order valence-electron chi connectivity index (χ0n) is 29.8. The summed E-state index contributed by atoms with van der Waals surface area (Å²) in [5.74, 6) is 0. The minimum Gasteiger partial charge on any atom is -0.456 e. The van der Waals surface area contributed by atoms with Crippen molar-refractivity contribution in [2.75, 3.05) is 4.90 Å². The number of fused-ring (bicyclic) bond motifs is 7. The van der Waals surface area contributed by atoms with Crippen molar-refractivity contribution in [1.29, 1.82) is 0 Å². The quantitative estimate of drug-likeness (QED) is 0.173. The van der Waals surface area contributed by atoms with E-state index in [4.69, 9.17) is 8.83 Å². The highest BCUT2D eigenvalue weighted by molar-refractivity contribution is 6.12. The molecule has 0 aliphatic carbocycles. The van der Waals surface area contributed by atoms with E-state index in [-0.39, 0.29) is 0 Å². The molecule has 0 radical (unpaired) electrons. The summed E-state index contributed by atoms with van der Waals surface area (Å²) in [6.45, 7) is 0. The monoisotopic (exact) mass is 703 g/mol. The molecule has 11 rings (SSSR count). The molecule has 11 aromatic rings. The molecule has 0 N–H and O–H groups in total. The maximum absolute atomic E-state index is 6.41. The van der Waals surface area contributed by atoms with Crippen molar-refractivity contribution in [3.63, 3.8) is 0 Å². The van der Waals surface area contributed by atoms with Crippen molar-refractivity contribution in [2.45, 2.75) is 0 Å². The first kappa shape index (κ1) is 31.2. The van der Waals surface area contributed by atoms with Gasteiger partial charge in [-0.15, -0.1) is 0 Å². The second-order valence-corrected chi connectivity index (χ2v) is 14.1. The van der Waals surface area contributed by atoms with Gasteiger partial charge in [0.05, 0.1) is 0 Å². The van der Waals surface area contributed by atoms with Gasteiger partial charge >= 0.3 is 0 Å². The van der Waals surface area contributed by atoms with Crippen LogP contribution >= 0.6 is 0 Å². The number of benzene rings is 9. The van der Waals surface area contributed by atoms with Crippen molar-refractivity contribution < 1.29 is 8.83 Å². The molecule has 0 amide bonds. The van der Waals surface area contributed by atoms with Crippen LogP contribution in [0.1, 0.15) is 0 Å². The summed E-state index contributed by atoms with van der Waals surface area (Å²) in [4.78, 5) is 2.33. The molecule has 2 heterocycles. The zero-order valence-corrected chi connectivity index (χ0v) is 29.8. The number of furan rings is 2. The highest BCUT2D eigenvalue weighted by Crippen LogP contribution is 2.42. The van der Waals surface area contributed by atoms with Crippen LogP contribution in [0.5, 0.6) is 0 Å². The van der Waals surface area contributed by atoms with Crippen LogP contribution in [0.3, 0.4) is 0 Å². The van der Waals surface area contributed by atoms with Gasteiger partial charge in [0.2, 0.25) is 0 Å². The van der Waals surface area contributed by atoms with E-state index in [1.165, 1.54) is 21.9 Å². The van der Waals surface area contributed by atoms with Crippen LogP contribution in [-0.4, -0.2) is 0 Å². The van der Waals surface area contributed by atoms with Crippen LogP contribution in [-0.2, 0) is 0 Å². The summed E-state index contributed by atoms with van der Waals surface area (Å²) in [6, 6.07) is 71.0. The van der Waals surface area contributed by atoms with Crippen LogP contribution < -0.4 is 4.90 Å². The van der Waals surface area contributed by atoms with Crippen LogP contribution in [0.15, 0.2) is 209 Å². The SMILES string of the molecule is c1ccc2c(-c3ccc(N(c4ccc(-c5cccc6c5oc5ccccc56)cc4)c4ccc(-c5cccc6oc7ccccc7c56)cc4)cc3)cccc2c1. The Morgan fingerprint density at radius 2 is 0.745 bits per heavy atom. The Hall–Kier alpha value is -7.36. The maximum Gasteiger partial charge on any atom is 0.143 e. The van der Waals surface area contributed by atoms with Gasteiger partial charge in [0, 0.05) is 44.2 Å². The summed E-state index contributed by atoms with van der Waals surface area (Å²) in [5, 5.41) is 7.02. The molecule has 0 aliphatic heterocycles. The van der Waals surface area contributed by atoms with E-state index >= 15 is 0 Å². The van der Waals surface area contributed by atoms with Gasteiger partial charge in [-0.2, -0.15) is 0 Å². The number of rotatable bonds is 6. The molecule has 0 aliphatic rings. The fourth-order valence-corrected chi connectivity index (χ4v) is 8.28. The third-order valence-electron chi connectivity index (χ3n) is 10.9. The summed E-state index contributed by atoms with van der Waals surface area (Å²) in [6.07, 6.45) is 0. The van der Waals surface area contributed by atoms with Gasteiger partial charge in [0.15, 0.2) is 0 Å². The molecule has 0 saturated heterocycles. The smallest absolute Gasteiger partial charge is 0.143 e. The molecule has 0 spiro atoms. The molecule has 3 nitrogen and oxygen atoms in total. The highest BCUT2D eigenvalue weighted by Gasteiger charge is 2.17. The Balaban J connectivity index is 1.01. The van der Waals surface area contributed by atoms with Gasteiger partial charge < -0.3 is 13.7 Å². The van der Waals surface area contributed by atoms with E-state index in [9.17, 15) is 0 Å². The fraction of sp³-hybridized carbons (Fsp3) is 0. The molecule has 0 atom stereocenters. The molecule has 0 saturated carbocycles. The molecular weight excluding hydrogens is 671 g/mol. The Morgan fingerprint density at radius 1 is 0.291 bits per heavy atom. The van der Waals surface area contributed by atoms with Gasteiger partial charge in [-0.25, -0.2) is 0 Å². The molecule has 55 heavy (non-hydrogen) atoms. The predicted molar refractivity (Wildman–Crippen MR) is 229 cm³/mol. The summed E-state index contributed by atoms with van der Waals surface area (Å²) in [5.41, 5.74) is 13.7. The van der Waals surface area contributed by atoms with Gasteiger partial charge in [0.25, 0.3) is 0 Å². The standard InChI is InChI=1S/C52H33NO2/c1-2-12-41-34(10-1)11-7-15-42(41)35-22-28-38(29-23-35)53(39-30-24-36(25-31-39)43-16-9-21-50-51(43)47-14-4-6-20-49(47)54-50)40-32-26-37(27-33-40)44-17-8-18-46-45-13-3-5-19-48(45)55-52(44)46/h1-33H. The van der Waals surface area contributed by atoms with Gasteiger partial charge in [-0.05, 0) is 93.2 Å². The van der Waals surface area contributed by atoms with E-state index in [2.05, 4.69) is 181 Å². The lowest BCUT2D eigenvalue weighted by Crippen LogP contribution is -2.09. The molecule has 0 unspecified atom stereocenters. The van der Waals surface area contributed by atoms with Crippen molar-refractivity contribution in [1.82, 2.24) is 0 Å². The Morgan fingerprint density at radius 3 is 1.45 bits per heavy atom. The number of para-hydroxylation sites is 3. The average Bonchev–Trinajstić information content (AvgIpc) is 3.83. The molecule has 258 valence electrons. The molecule has 9 aromatic carbocycles. The molecular formula is C52H33NO2. The van der Waals surface area contributed by atoms with E-state index in [1.54, 1.807) is 0 Å². The lowest BCUT2D eigenvalue weighted by molar-refractivity contribution is 0.669. The predicted octanol–water partition coefficient (Wildman–Crippen LogP) is 15.1. The van der Waals surface area contributed by atoms with Gasteiger partial charge in [0.1, 0.15) is 22.3 Å². The molecule has 0 bridgehead atoms. The van der Waals surface area contributed by atoms with E-state index in [0.717, 1.165) is 83.2 Å². The zero-order chi connectivity index (χ0) is 36.3. The average molecular weight is 704 g/mol. The van der Waals surface area contributed by atoms with E-state index in [0.29, 0.717) is 0 Å². The second-order valence-electron chi connectivity index (χ2n) is 14.1. The third kappa shape index (κ3) is 5.20. The Bertz CT molecular complexity index is 3180. The Labute approximate surface area is 317 Å². The van der Waals surface area contributed by atoms with Gasteiger partial charge in [-0.1, -0.05) is 146 Å². The highest BCUT2D eigenvalue weighted by atomic mass is 16.3. The fourth-order valence-electron chi connectivity index (χ4n) is 8.28. The normalized spacial score (nSPS) is 11.6. The number of hydrogen-bond acceptors (Lipinski definition) is 3. The van der Waals surface area contributed by atoms with Crippen molar-refractivity contribution in [3.8, 4) is 33.4 Å². The molecule has 3 heteroatoms. The first-order valence-electron chi connectivity index (χ1n) is 18.7. The van der Waals surface area contributed by atoms with Crippen LogP contribution in [0.25, 0.3) is 88.0 Å². The Kier molecular flexibility index (Phi) is 7.17. The third-order valence-corrected chi connectivity index (χ3v) is 10.9. The lowest BCUT2D eigenvalue weighted by atomic mass is 9.97. The van der Waals surface area contributed by atoms with Crippen molar-refractivity contribution >= 4 is 71.7 Å². The van der Waals surface area contributed by atoms with E-state index in [1.807, 2.05) is 24.3 Å².